The fourth-order valence-corrected chi connectivity index (χ4v) is 1.22. The van der Waals surface area contributed by atoms with Gasteiger partial charge in [0.25, 0.3) is 0 Å². The second kappa shape index (κ2) is 3.58. The van der Waals surface area contributed by atoms with Gasteiger partial charge >= 0.3 is 0 Å². The molecule has 0 saturated carbocycles. The Morgan fingerprint density at radius 2 is 2.15 bits per heavy atom. The number of benzene rings is 1. The summed E-state index contributed by atoms with van der Waals surface area (Å²) in [5, 5.41) is 0. The number of nitrogens with one attached hydrogen (secondary N) is 1. The van der Waals surface area contributed by atoms with Crippen LogP contribution in [0.4, 0.5) is 0 Å². The normalized spacial score (nSPS) is 21.0. The Morgan fingerprint density at radius 3 is 2.77 bits per heavy atom. The number of hydrogen-bond acceptors (Lipinski definition) is 3. The topological polar surface area (TPSA) is 33.6 Å². The van der Waals surface area contributed by atoms with Gasteiger partial charge in [0, 0.05) is 5.56 Å². The van der Waals surface area contributed by atoms with Gasteiger partial charge < -0.3 is 0 Å². The zero-order valence-corrected chi connectivity index (χ0v) is 7.53. The molecule has 1 atom stereocenters. The maximum atomic E-state index is 5.22. The largest absolute Gasteiger partial charge is 0.248 e. The van der Waals surface area contributed by atoms with E-state index in [0.29, 0.717) is 0 Å². The molecule has 0 spiro atoms. The lowest BCUT2D eigenvalue weighted by atomic mass is 10.2. The van der Waals surface area contributed by atoms with Crippen molar-refractivity contribution in [3.05, 3.63) is 35.9 Å². The number of rotatable bonds is 2. The van der Waals surface area contributed by atoms with Gasteiger partial charge in [0.1, 0.15) is 0 Å². The molecule has 1 aromatic rings. The average Bonchev–Trinajstić information content (AvgIpc) is 2.67. The summed E-state index contributed by atoms with van der Waals surface area (Å²) in [4.78, 5) is 9.58. The van der Waals surface area contributed by atoms with Crippen molar-refractivity contribution in [3.63, 3.8) is 0 Å². The molecule has 1 aliphatic rings. The first-order valence-electron chi connectivity index (χ1n) is 4.45. The minimum absolute atomic E-state index is 0.0322. The van der Waals surface area contributed by atoms with E-state index in [1.807, 2.05) is 37.3 Å². The van der Waals surface area contributed by atoms with Crippen molar-refractivity contribution in [2.24, 2.45) is 4.99 Å². The maximum Gasteiger partial charge on any atom is 0.177 e. The van der Waals surface area contributed by atoms with Gasteiger partial charge in [-0.1, -0.05) is 37.3 Å². The molecule has 2 rings (SSSR count). The summed E-state index contributed by atoms with van der Waals surface area (Å²) in [5.74, 6) is 0.826. The predicted molar refractivity (Wildman–Crippen MR) is 51.3 cm³/mol. The van der Waals surface area contributed by atoms with Crippen LogP contribution in [0.1, 0.15) is 18.9 Å². The predicted octanol–water partition coefficient (Wildman–Crippen LogP) is 1.70. The summed E-state index contributed by atoms with van der Waals surface area (Å²) in [7, 11) is 0. The fraction of sp³-hybridized carbons (Fsp3) is 0.300. The van der Waals surface area contributed by atoms with E-state index in [4.69, 9.17) is 4.84 Å². The van der Waals surface area contributed by atoms with E-state index in [1.165, 1.54) is 0 Å². The van der Waals surface area contributed by atoms with Gasteiger partial charge in [-0.3, -0.25) is 0 Å². The number of nitrogens with zero attached hydrogens (tertiary/aromatic N) is 1. The minimum atomic E-state index is -0.0322. The van der Waals surface area contributed by atoms with Gasteiger partial charge in [0.05, 0.1) is 0 Å². The second-order valence-electron chi connectivity index (χ2n) is 2.93. The first kappa shape index (κ1) is 8.26. The SMILES string of the molecule is CC[C@H]1N=C(c2ccccc2)NO1. The van der Waals surface area contributed by atoms with E-state index in [0.717, 1.165) is 17.8 Å². The molecule has 0 aromatic heterocycles. The van der Waals surface area contributed by atoms with Crippen LogP contribution in [-0.2, 0) is 4.84 Å². The molecule has 1 aromatic carbocycles. The van der Waals surface area contributed by atoms with Crippen LogP contribution in [-0.4, -0.2) is 12.1 Å². The molecule has 0 saturated heterocycles. The average molecular weight is 176 g/mol. The quantitative estimate of drug-likeness (QED) is 0.744. The third kappa shape index (κ3) is 1.70. The lowest BCUT2D eigenvalue weighted by molar-refractivity contribution is 0.0364. The summed E-state index contributed by atoms with van der Waals surface area (Å²) in [6.07, 6.45) is 0.860. The smallest absolute Gasteiger partial charge is 0.177 e. The van der Waals surface area contributed by atoms with Gasteiger partial charge in [0.15, 0.2) is 12.1 Å². The molecule has 0 unspecified atom stereocenters. The van der Waals surface area contributed by atoms with Crippen molar-refractivity contribution in [3.8, 4) is 0 Å². The van der Waals surface area contributed by atoms with Crippen LogP contribution in [0.5, 0.6) is 0 Å². The standard InChI is InChI=1S/C10H12N2O/c1-2-9-11-10(12-13-9)8-6-4-3-5-7-8/h3-7,9H,2H2,1H3,(H,11,12)/t9-/m0/s1. The van der Waals surface area contributed by atoms with Gasteiger partial charge in [-0.25, -0.2) is 15.3 Å². The van der Waals surface area contributed by atoms with Crippen LogP contribution in [0.15, 0.2) is 35.3 Å². The Morgan fingerprint density at radius 1 is 1.38 bits per heavy atom. The maximum absolute atomic E-state index is 5.22. The Balaban J connectivity index is 2.19. The Labute approximate surface area is 77.4 Å². The fourth-order valence-electron chi connectivity index (χ4n) is 1.22. The van der Waals surface area contributed by atoms with Crippen LogP contribution >= 0.6 is 0 Å². The zero-order valence-electron chi connectivity index (χ0n) is 7.53. The van der Waals surface area contributed by atoms with E-state index in [2.05, 4.69) is 10.5 Å². The second-order valence-corrected chi connectivity index (χ2v) is 2.93. The molecule has 1 aliphatic heterocycles. The van der Waals surface area contributed by atoms with Crippen LogP contribution in [0.3, 0.4) is 0 Å². The Hall–Kier alpha value is -1.35. The van der Waals surface area contributed by atoms with Gasteiger partial charge in [-0.2, -0.15) is 0 Å². The highest BCUT2D eigenvalue weighted by molar-refractivity contribution is 5.98. The molecule has 3 nitrogen and oxygen atoms in total. The number of amidine groups is 1. The van der Waals surface area contributed by atoms with E-state index >= 15 is 0 Å². The molecule has 13 heavy (non-hydrogen) atoms. The summed E-state index contributed by atoms with van der Waals surface area (Å²) >= 11 is 0. The third-order valence-electron chi connectivity index (χ3n) is 1.96. The van der Waals surface area contributed by atoms with Crippen LogP contribution in [0.2, 0.25) is 0 Å². The van der Waals surface area contributed by atoms with Crippen molar-refractivity contribution in [2.45, 2.75) is 19.6 Å². The molecule has 0 fully saturated rings. The van der Waals surface area contributed by atoms with Crippen molar-refractivity contribution >= 4 is 5.84 Å². The molecule has 1 N–H and O–H groups in total. The summed E-state index contributed by atoms with van der Waals surface area (Å²) in [6.45, 7) is 2.05. The van der Waals surface area contributed by atoms with E-state index in [9.17, 15) is 0 Å². The lowest BCUT2D eigenvalue weighted by Crippen LogP contribution is -2.18. The van der Waals surface area contributed by atoms with E-state index < -0.39 is 0 Å². The third-order valence-corrected chi connectivity index (χ3v) is 1.96. The highest BCUT2D eigenvalue weighted by atomic mass is 16.7. The Bertz CT molecular complexity index is 308. The van der Waals surface area contributed by atoms with E-state index in [-0.39, 0.29) is 6.23 Å². The first-order valence-corrected chi connectivity index (χ1v) is 4.45. The summed E-state index contributed by atoms with van der Waals surface area (Å²) < 4.78 is 0. The molecular formula is C10H12N2O. The number of hydrogen-bond donors (Lipinski definition) is 1. The van der Waals surface area contributed by atoms with Crippen LogP contribution in [0.25, 0.3) is 0 Å². The number of aliphatic imine (C=N–C) groups is 1. The zero-order chi connectivity index (χ0) is 9.10. The van der Waals surface area contributed by atoms with Crippen molar-refractivity contribution in [1.82, 2.24) is 5.48 Å². The highest BCUT2D eigenvalue weighted by Gasteiger charge is 2.16. The molecule has 0 radical (unpaired) electrons. The van der Waals surface area contributed by atoms with Crippen molar-refractivity contribution < 1.29 is 4.84 Å². The van der Waals surface area contributed by atoms with Gasteiger partial charge in [-0.15, -0.1) is 0 Å². The molecule has 1 heterocycles. The summed E-state index contributed by atoms with van der Waals surface area (Å²) in [6, 6.07) is 9.97. The summed E-state index contributed by atoms with van der Waals surface area (Å²) in [5.41, 5.74) is 3.89. The van der Waals surface area contributed by atoms with Gasteiger partial charge in [-0.05, 0) is 6.42 Å². The first-order chi connectivity index (χ1) is 6.40. The van der Waals surface area contributed by atoms with E-state index in [1.54, 1.807) is 0 Å². The van der Waals surface area contributed by atoms with Crippen molar-refractivity contribution in [2.75, 3.05) is 0 Å². The molecule has 68 valence electrons. The minimum Gasteiger partial charge on any atom is -0.248 e. The van der Waals surface area contributed by atoms with Crippen LogP contribution in [0, 0.1) is 0 Å². The molecule has 0 bridgehead atoms. The van der Waals surface area contributed by atoms with Crippen molar-refractivity contribution in [1.29, 1.82) is 0 Å². The Kier molecular flexibility index (Phi) is 2.27. The number of hydroxylamine groups is 1. The molecule has 3 heteroatoms. The van der Waals surface area contributed by atoms with Gasteiger partial charge in [0.2, 0.25) is 0 Å². The highest BCUT2D eigenvalue weighted by Crippen LogP contribution is 2.09. The molecule has 0 aliphatic carbocycles. The van der Waals surface area contributed by atoms with Crippen LogP contribution < -0.4 is 5.48 Å². The molecule has 0 amide bonds. The lowest BCUT2D eigenvalue weighted by Gasteiger charge is -2.00. The molecular weight excluding hydrogens is 164 g/mol. The monoisotopic (exact) mass is 176 g/mol.